The fourth-order valence-corrected chi connectivity index (χ4v) is 1.21. The number of pyridine rings is 1. The Hall–Kier alpha value is -1.71. The summed E-state index contributed by atoms with van der Waals surface area (Å²) in [6.45, 7) is 0.200. The van der Waals surface area contributed by atoms with E-state index in [1.54, 1.807) is 12.4 Å². The zero-order valence-corrected chi connectivity index (χ0v) is 6.32. The number of aromatic nitrogens is 2. The van der Waals surface area contributed by atoms with Crippen molar-refractivity contribution in [2.24, 2.45) is 5.18 Å². The lowest BCUT2D eigenvalue weighted by molar-refractivity contribution is 1.07. The average Bonchev–Trinajstić information content (AvgIpc) is 2.50. The zero-order valence-electron chi connectivity index (χ0n) is 6.32. The van der Waals surface area contributed by atoms with Crippen LogP contribution in [0, 0.1) is 4.91 Å². The standard InChI is InChI=1S/C8H7N3O/c12-11-5-6-4-10-8-7(6)2-1-3-9-8/h1-4H,5H2,(H,9,10). The molecule has 2 aromatic heterocycles. The van der Waals surface area contributed by atoms with Gasteiger partial charge in [0.25, 0.3) is 0 Å². The molecule has 2 rings (SSSR count). The molecule has 0 fully saturated rings. The molecule has 0 aromatic carbocycles. The maximum atomic E-state index is 10.0. The summed E-state index contributed by atoms with van der Waals surface area (Å²) >= 11 is 0. The third-order valence-corrected chi connectivity index (χ3v) is 1.77. The number of fused-ring (bicyclic) bond motifs is 1. The van der Waals surface area contributed by atoms with Gasteiger partial charge in [-0.25, -0.2) is 4.98 Å². The van der Waals surface area contributed by atoms with E-state index in [1.165, 1.54) is 0 Å². The lowest BCUT2D eigenvalue weighted by Crippen LogP contribution is -1.76. The summed E-state index contributed by atoms with van der Waals surface area (Å²) < 4.78 is 0. The average molecular weight is 161 g/mol. The van der Waals surface area contributed by atoms with Gasteiger partial charge in [0.2, 0.25) is 0 Å². The Morgan fingerprint density at radius 3 is 3.33 bits per heavy atom. The molecule has 0 aliphatic heterocycles. The Morgan fingerprint density at radius 2 is 2.50 bits per heavy atom. The van der Waals surface area contributed by atoms with Crippen LogP contribution in [0.2, 0.25) is 0 Å². The maximum absolute atomic E-state index is 10.0. The highest BCUT2D eigenvalue weighted by Gasteiger charge is 2.02. The third-order valence-electron chi connectivity index (χ3n) is 1.77. The summed E-state index contributed by atoms with van der Waals surface area (Å²) in [5.41, 5.74) is 1.70. The summed E-state index contributed by atoms with van der Waals surface area (Å²) in [5, 5.41) is 3.80. The van der Waals surface area contributed by atoms with E-state index in [0.29, 0.717) is 0 Å². The van der Waals surface area contributed by atoms with Gasteiger partial charge in [0.15, 0.2) is 0 Å². The molecule has 0 unspecified atom stereocenters. The molecule has 0 saturated heterocycles. The molecule has 2 heterocycles. The second kappa shape index (κ2) is 2.73. The molecule has 0 amide bonds. The van der Waals surface area contributed by atoms with Gasteiger partial charge in [0.1, 0.15) is 12.2 Å². The number of hydrogen-bond donors (Lipinski definition) is 1. The topological polar surface area (TPSA) is 58.1 Å². The summed E-state index contributed by atoms with van der Waals surface area (Å²) in [6.07, 6.45) is 3.47. The van der Waals surface area contributed by atoms with Gasteiger partial charge >= 0.3 is 0 Å². The van der Waals surface area contributed by atoms with Crippen LogP contribution in [-0.2, 0) is 6.54 Å². The molecule has 0 aliphatic carbocycles. The number of nitroso groups, excluding NO2 is 1. The van der Waals surface area contributed by atoms with Crippen LogP contribution in [0.15, 0.2) is 29.7 Å². The minimum absolute atomic E-state index is 0.200. The van der Waals surface area contributed by atoms with Crippen molar-refractivity contribution in [2.45, 2.75) is 6.54 Å². The molecule has 1 N–H and O–H groups in total. The number of hydrogen-bond acceptors (Lipinski definition) is 3. The summed E-state index contributed by atoms with van der Waals surface area (Å²) in [5.74, 6) is 0. The van der Waals surface area contributed by atoms with Gasteiger partial charge in [-0.1, -0.05) is 5.18 Å². The van der Waals surface area contributed by atoms with Crippen molar-refractivity contribution in [1.29, 1.82) is 0 Å². The zero-order chi connectivity index (χ0) is 8.39. The van der Waals surface area contributed by atoms with E-state index in [4.69, 9.17) is 0 Å². The van der Waals surface area contributed by atoms with Gasteiger partial charge in [-0.2, -0.15) is 4.91 Å². The minimum atomic E-state index is 0.200. The second-order valence-corrected chi connectivity index (χ2v) is 2.50. The Bertz CT molecular complexity index is 407. The molecule has 0 aliphatic rings. The molecule has 0 bridgehead atoms. The lowest BCUT2D eigenvalue weighted by Gasteiger charge is -1.88. The van der Waals surface area contributed by atoms with E-state index in [0.717, 1.165) is 16.6 Å². The fourth-order valence-electron chi connectivity index (χ4n) is 1.21. The van der Waals surface area contributed by atoms with E-state index in [1.807, 2.05) is 12.1 Å². The van der Waals surface area contributed by atoms with Crippen LogP contribution in [0.25, 0.3) is 11.0 Å². The second-order valence-electron chi connectivity index (χ2n) is 2.50. The van der Waals surface area contributed by atoms with Crippen LogP contribution in [0.4, 0.5) is 0 Å². The molecule has 0 atom stereocenters. The Labute approximate surface area is 68.6 Å². The van der Waals surface area contributed by atoms with Crippen LogP contribution in [0.5, 0.6) is 0 Å². The van der Waals surface area contributed by atoms with Gasteiger partial charge < -0.3 is 4.98 Å². The summed E-state index contributed by atoms with van der Waals surface area (Å²) in [4.78, 5) is 17.1. The maximum Gasteiger partial charge on any atom is 0.137 e. The molecule has 60 valence electrons. The number of H-pyrrole nitrogens is 1. The number of aromatic amines is 1. The molecular weight excluding hydrogens is 154 g/mol. The molecule has 4 heteroatoms. The first kappa shape index (κ1) is 6.97. The van der Waals surface area contributed by atoms with Gasteiger partial charge in [0.05, 0.1) is 0 Å². The van der Waals surface area contributed by atoms with Crippen LogP contribution >= 0.6 is 0 Å². The van der Waals surface area contributed by atoms with Crippen molar-refractivity contribution in [3.8, 4) is 0 Å². The van der Waals surface area contributed by atoms with Gasteiger partial charge in [-0.05, 0) is 12.1 Å². The first-order valence-electron chi connectivity index (χ1n) is 3.62. The molecule has 0 spiro atoms. The van der Waals surface area contributed by atoms with E-state index < -0.39 is 0 Å². The van der Waals surface area contributed by atoms with Crippen LogP contribution in [0.1, 0.15) is 5.56 Å². The minimum Gasteiger partial charge on any atom is -0.346 e. The van der Waals surface area contributed by atoms with Crippen molar-refractivity contribution in [1.82, 2.24) is 9.97 Å². The highest BCUT2D eigenvalue weighted by atomic mass is 16.3. The van der Waals surface area contributed by atoms with E-state index in [-0.39, 0.29) is 6.54 Å². The van der Waals surface area contributed by atoms with Crippen LogP contribution in [-0.4, -0.2) is 9.97 Å². The van der Waals surface area contributed by atoms with Crippen molar-refractivity contribution in [3.63, 3.8) is 0 Å². The van der Waals surface area contributed by atoms with Gasteiger partial charge in [-0.3, -0.25) is 0 Å². The molecule has 0 saturated carbocycles. The lowest BCUT2D eigenvalue weighted by atomic mass is 10.2. The SMILES string of the molecule is O=NCc1c[nH]c2ncccc12. The predicted molar refractivity (Wildman–Crippen MR) is 45.6 cm³/mol. The molecular formula is C8H7N3O. The van der Waals surface area contributed by atoms with Crippen LogP contribution in [0.3, 0.4) is 0 Å². The molecule has 4 nitrogen and oxygen atoms in total. The monoisotopic (exact) mass is 161 g/mol. The Balaban J connectivity index is 2.62. The molecule has 2 aromatic rings. The van der Waals surface area contributed by atoms with Crippen LogP contribution < -0.4 is 0 Å². The molecule has 0 radical (unpaired) electrons. The van der Waals surface area contributed by atoms with Crippen molar-refractivity contribution in [2.75, 3.05) is 0 Å². The molecule has 12 heavy (non-hydrogen) atoms. The number of nitrogens with zero attached hydrogens (tertiary/aromatic N) is 2. The van der Waals surface area contributed by atoms with Gasteiger partial charge in [-0.15, -0.1) is 0 Å². The third kappa shape index (κ3) is 0.972. The predicted octanol–water partition coefficient (Wildman–Crippen LogP) is 1.83. The number of nitrogens with one attached hydrogen (secondary N) is 1. The normalized spacial score (nSPS) is 10.3. The highest BCUT2D eigenvalue weighted by molar-refractivity contribution is 5.79. The first-order valence-corrected chi connectivity index (χ1v) is 3.62. The first-order chi connectivity index (χ1) is 5.92. The van der Waals surface area contributed by atoms with Crippen molar-refractivity contribution >= 4 is 11.0 Å². The highest BCUT2D eigenvalue weighted by Crippen LogP contribution is 2.15. The number of rotatable bonds is 2. The van der Waals surface area contributed by atoms with E-state index in [9.17, 15) is 4.91 Å². The van der Waals surface area contributed by atoms with Crippen molar-refractivity contribution < 1.29 is 0 Å². The Morgan fingerprint density at radius 1 is 1.58 bits per heavy atom. The fraction of sp³-hybridized carbons (Fsp3) is 0.125. The van der Waals surface area contributed by atoms with Crippen molar-refractivity contribution in [3.05, 3.63) is 35.0 Å². The van der Waals surface area contributed by atoms with E-state index in [2.05, 4.69) is 15.1 Å². The largest absolute Gasteiger partial charge is 0.346 e. The quantitative estimate of drug-likeness (QED) is 0.683. The smallest absolute Gasteiger partial charge is 0.137 e. The Kier molecular flexibility index (Phi) is 1.59. The summed E-state index contributed by atoms with van der Waals surface area (Å²) in [7, 11) is 0. The van der Waals surface area contributed by atoms with E-state index >= 15 is 0 Å². The van der Waals surface area contributed by atoms with Gasteiger partial charge in [0, 0.05) is 23.3 Å². The summed E-state index contributed by atoms with van der Waals surface area (Å²) in [6, 6.07) is 3.75.